The maximum absolute atomic E-state index is 12.9. The van der Waals surface area contributed by atoms with Gasteiger partial charge in [-0.1, -0.05) is 18.2 Å². The second-order valence-corrected chi connectivity index (χ2v) is 7.93. The molecule has 1 aliphatic heterocycles. The predicted octanol–water partition coefficient (Wildman–Crippen LogP) is 4.28. The Hall–Kier alpha value is -1.24. The zero-order valence-corrected chi connectivity index (χ0v) is 13.5. The highest BCUT2D eigenvalue weighted by Gasteiger charge is 2.36. The summed E-state index contributed by atoms with van der Waals surface area (Å²) >= 11 is 2.80. The monoisotopic (exact) mass is 323 g/mol. The number of hydrogen-bond donors (Lipinski definition) is 0. The zero-order valence-electron chi connectivity index (χ0n) is 11.0. The van der Waals surface area contributed by atoms with E-state index >= 15 is 0 Å². The van der Waals surface area contributed by atoms with Crippen LogP contribution in [-0.4, -0.2) is 14.7 Å². The Labute approximate surface area is 127 Å². The Morgan fingerprint density at radius 1 is 1.15 bits per heavy atom. The molecule has 0 spiro atoms. The lowest BCUT2D eigenvalue weighted by molar-refractivity contribution is 0.604. The fourth-order valence-corrected chi connectivity index (χ4v) is 6.23. The van der Waals surface area contributed by atoms with Gasteiger partial charge in [0, 0.05) is 16.3 Å². The van der Waals surface area contributed by atoms with E-state index in [1.807, 2.05) is 48.0 Å². The largest absolute Gasteiger partial charge is 0.275 e. The lowest BCUT2D eigenvalue weighted by atomic mass is 10.1. The first-order valence-corrected chi connectivity index (χ1v) is 9.60. The minimum atomic E-state index is -3.52. The molecule has 20 heavy (non-hydrogen) atoms. The smallest absolute Gasteiger partial charge is 0.233 e. The quantitative estimate of drug-likeness (QED) is 0.828. The maximum Gasteiger partial charge on any atom is 0.275 e. The molecule has 0 amide bonds. The Balaban J connectivity index is 2.32. The normalized spacial score (nSPS) is 17.2. The molecule has 1 aliphatic rings. The highest BCUT2D eigenvalue weighted by molar-refractivity contribution is 8.19. The summed E-state index contributed by atoms with van der Waals surface area (Å²) in [6.07, 6.45) is 1.80. The number of fused-ring (bicyclic) bond motifs is 1. The molecule has 3 rings (SSSR count). The second kappa shape index (κ2) is 4.95. The summed E-state index contributed by atoms with van der Waals surface area (Å²) in [4.78, 5) is 0. The molecule has 0 atom stereocenters. The van der Waals surface area contributed by atoms with Gasteiger partial charge >= 0.3 is 0 Å². The molecule has 0 saturated heterocycles. The molecule has 3 nitrogen and oxygen atoms in total. The molecular weight excluding hydrogens is 310 g/mol. The molecule has 104 valence electrons. The minimum absolute atomic E-state index is 0.423. The van der Waals surface area contributed by atoms with Gasteiger partial charge in [0.1, 0.15) is 4.24 Å². The molecular formula is C14H13NO2S3. The fourth-order valence-electron chi connectivity index (χ4n) is 2.34. The van der Waals surface area contributed by atoms with Crippen molar-refractivity contribution >= 4 is 50.1 Å². The highest BCUT2D eigenvalue weighted by Crippen LogP contribution is 2.47. The fraction of sp³-hybridized carbons (Fsp3) is 0.143. The number of benzene rings is 1. The van der Waals surface area contributed by atoms with Crippen LogP contribution in [0.3, 0.4) is 0 Å². The van der Waals surface area contributed by atoms with E-state index in [2.05, 4.69) is 0 Å². The maximum atomic E-state index is 12.9. The molecule has 1 aromatic heterocycles. The van der Waals surface area contributed by atoms with Crippen LogP contribution in [0.15, 0.2) is 45.3 Å². The molecule has 2 aromatic rings. The van der Waals surface area contributed by atoms with E-state index in [1.165, 1.54) is 27.4 Å². The molecule has 0 N–H and O–H groups in total. The number of hydrogen-bond acceptors (Lipinski definition) is 4. The highest BCUT2D eigenvalue weighted by atomic mass is 32.3. The zero-order chi connectivity index (χ0) is 14.3. The number of thioether (sulfide) groups is 1. The van der Waals surface area contributed by atoms with E-state index in [1.54, 1.807) is 6.26 Å². The van der Waals surface area contributed by atoms with Crippen molar-refractivity contribution in [2.75, 3.05) is 10.6 Å². The average molecular weight is 323 g/mol. The van der Waals surface area contributed by atoms with Gasteiger partial charge < -0.3 is 0 Å². The molecule has 1 aromatic carbocycles. The molecule has 0 aliphatic carbocycles. The van der Waals surface area contributed by atoms with Crippen LogP contribution in [0.2, 0.25) is 0 Å². The summed E-state index contributed by atoms with van der Waals surface area (Å²) < 4.78 is 27.6. The summed E-state index contributed by atoms with van der Waals surface area (Å²) in [5.74, 6) is 0. The van der Waals surface area contributed by atoms with Gasteiger partial charge in [-0.3, -0.25) is 0 Å². The Morgan fingerprint density at radius 2 is 1.85 bits per heavy atom. The Bertz CT molecular complexity index is 776. The summed E-state index contributed by atoms with van der Waals surface area (Å²) in [5.41, 5.74) is 3.25. The number of nitrogens with zero attached hydrogens (tertiary/aromatic N) is 1. The molecule has 2 heterocycles. The van der Waals surface area contributed by atoms with E-state index in [9.17, 15) is 8.42 Å². The van der Waals surface area contributed by atoms with Crippen molar-refractivity contribution in [3.05, 3.63) is 50.9 Å². The van der Waals surface area contributed by atoms with Crippen LogP contribution in [0.1, 0.15) is 12.5 Å². The number of rotatable bonds is 2. The first-order valence-electron chi connectivity index (χ1n) is 5.99. The van der Waals surface area contributed by atoms with Gasteiger partial charge in [0.15, 0.2) is 0 Å². The van der Waals surface area contributed by atoms with E-state index in [-0.39, 0.29) is 0 Å². The average Bonchev–Trinajstić information content (AvgIpc) is 2.88. The number of sulfonamides is 1. The number of allylic oxidation sites excluding steroid dienone is 1. The second-order valence-electron chi connectivity index (χ2n) is 4.39. The molecule has 0 unspecified atom stereocenters. The van der Waals surface area contributed by atoms with Crippen molar-refractivity contribution in [2.45, 2.75) is 6.92 Å². The van der Waals surface area contributed by atoms with E-state index in [4.69, 9.17) is 0 Å². The van der Waals surface area contributed by atoms with Crippen LogP contribution in [-0.2, 0) is 10.0 Å². The number of anilines is 2. The van der Waals surface area contributed by atoms with Crippen LogP contribution in [0.25, 0.3) is 5.57 Å². The SMILES string of the molecule is CSC1=C(C)c2cscc2N(c2ccccc2)S1(=O)=O. The lowest BCUT2D eigenvalue weighted by Crippen LogP contribution is -2.30. The molecule has 0 radical (unpaired) electrons. The van der Waals surface area contributed by atoms with Crippen molar-refractivity contribution in [3.63, 3.8) is 0 Å². The van der Waals surface area contributed by atoms with Crippen molar-refractivity contribution in [1.82, 2.24) is 0 Å². The topological polar surface area (TPSA) is 37.4 Å². The third-order valence-electron chi connectivity index (χ3n) is 3.22. The lowest BCUT2D eigenvalue weighted by Gasteiger charge is -2.30. The van der Waals surface area contributed by atoms with Crippen molar-refractivity contribution in [3.8, 4) is 0 Å². The Morgan fingerprint density at radius 3 is 2.50 bits per heavy atom. The van der Waals surface area contributed by atoms with E-state index < -0.39 is 10.0 Å². The minimum Gasteiger partial charge on any atom is -0.233 e. The molecule has 0 fully saturated rings. The molecule has 6 heteroatoms. The van der Waals surface area contributed by atoms with Crippen LogP contribution < -0.4 is 4.31 Å². The third kappa shape index (κ3) is 1.90. The summed E-state index contributed by atoms with van der Waals surface area (Å²) in [7, 11) is -3.52. The molecule has 0 bridgehead atoms. The standard InChI is InChI=1S/C14H13NO2S3/c1-10-12-8-19-9-13(12)15(11-6-4-3-5-7-11)20(16,17)14(10)18-2/h3-9H,1-2H3. The van der Waals surface area contributed by atoms with Crippen LogP contribution >= 0.6 is 23.1 Å². The third-order valence-corrected chi connectivity index (χ3v) is 7.42. The van der Waals surface area contributed by atoms with Crippen LogP contribution in [0.5, 0.6) is 0 Å². The van der Waals surface area contributed by atoms with Gasteiger partial charge in [0.05, 0.1) is 11.4 Å². The van der Waals surface area contributed by atoms with Gasteiger partial charge in [-0.2, -0.15) is 0 Å². The summed E-state index contributed by atoms with van der Waals surface area (Å²) in [6.45, 7) is 1.87. The Kier molecular flexibility index (Phi) is 3.40. The van der Waals surface area contributed by atoms with Crippen molar-refractivity contribution in [1.29, 1.82) is 0 Å². The van der Waals surface area contributed by atoms with Gasteiger partial charge in [-0.15, -0.1) is 23.1 Å². The van der Waals surface area contributed by atoms with Crippen LogP contribution in [0, 0.1) is 0 Å². The van der Waals surface area contributed by atoms with E-state index in [0.717, 1.165) is 16.8 Å². The van der Waals surface area contributed by atoms with Crippen LogP contribution in [0.4, 0.5) is 11.4 Å². The predicted molar refractivity (Wildman–Crippen MR) is 87.9 cm³/mol. The number of thiophene rings is 1. The summed E-state index contributed by atoms with van der Waals surface area (Å²) in [6, 6.07) is 9.21. The molecule has 0 saturated carbocycles. The van der Waals surface area contributed by atoms with Gasteiger partial charge in [-0.05, 0) is 30.9 Å². The van der Waals surface area contributed by atoms with Crippen molar-refractivity contribution in [2.24, 2.45) is 0 Å². The van der Waals surface area contributed by atoms with Gasteiger partial charge in [0.25, 0.3) is 10.0 Å². The van der Waals surface area contributed by atoms with Gasteiger partial charge in [-0.25, -0.2) is 12.7 Å². The van der Waals surface area contributed by atoms with Gasteiger partial charge in [0.2, 0.25) is 0 Å². The first kappa shape index (κ1) is 13.7. The van der Waals surface area contributed by atoms with Crippen molar-refractivity contribution < 1.29 is 8.42 Å². The summed E-state index contributed by atoms with van der Waals surface area (Å²) in [5, 5.41) is 3.89. The first-order chi connectivity index (χ1) is 9.57. The number of para-hydroxylation sites is 1. The van der Waals surface area contributed by atoms with E-state index in [0.29, 0.717) is 9.92 Å².